The molecule has 0 bridgehead atoms. The quantitative estimate of drug-likeness (QED) is 0.278. The third-order valence-corrected chi connectivity index (χ3v) is 7.81. The smallest absolute Gasteiger partial charge is 0.324 e. The minimum absolute atomic E-state index is 0.263. The van der Waals surface area contributed by atoms with Gasteiger partial charge in [0.1, 0.15) is 12.1 Å². The number of esters is 2. The second kappa shape index (κ2) is 12.2. The highest BCUT2D eigenvalue weighted by Crippen LogP contribution is 2.24. The molecular weight excluding hydrogens is 498 g/mol. The Morgan fingerprint density at radius 2 is 1.03 bits per heavy atom. The summed E-state index contributed by atoms with van der Waals surface area (Å²) in [7, 11) is 5.05. The van der Waals surface area contributed by atoms with Gasteiger partial charge in [-0.25, -0.2) is 0 Å². The van der Waals surface area contributed by atoms with Crippen LogP contribution in [0.5, 0.6) is 0 Å². The Balaban J connectivity index is 1.28. The van der Waals surface area contributed by atoms with Crippen LogP contribution in [0.25, 0.3) is 11.1 Å². The lowest BCUT2D eigenvalue weighted by Gasteiger charge is -2.17. The molecule has 2 saturated heterocycles. The number of nitrogens with zero attached hydrogens (tertiary/aromatic N) is 2. The maximum Gasteiger partial charge on any atom is 0.324 e. The van der Waals surface area contributed by atoms with Gasteiger partial charge in [-0.3, -0.25) is 28.5 Å². The molecule has 0 aliphatic carbocycles. The Labute approximate surface area is 215 Å². The lowest BCUT2D eigenvalue weighted by atomic mass is 10.0. The fourth-order valence-electron chi connectivity index (χ4n) is 4.41. The van der Waals surface area contributed by atoms with E-state index in [2.05, 4.69) is 18.8 Å². The molecule has 2 heterocycles. The summed E-state index contributed by atoms with van der Waals surface area (Å²) in [5.74, 6) is -1.27. The number of Topliss-reactive ketones (excluding diaryl/α,β-unsaturated/α-hetero) is 2. The second-order valence-corrected chi connectivity index (χ2v) is 10.3. The number of ether oxygens (including phenoxy) is 2. The lowest BCUT2D eigenvalue weighted by Crippen LogP contribution is -2.32. The van der Waals surface area contributed by atoms with E-state index in [1.165, 1.54) is 0 Å². The van der Waals surface area contributed by atoms with E-state index in [1.807, 2.05) is 33.6 Å². The fourth-order valence-corrected chi connectivity index (χ4v) is 5.32. The molecular formula is C26H30N2O6P2. The topological polar surface area (TPSA) is 93.2 Å². The highest BCUT2D eigenvalue weighted by molar-refractivity contribution is 7.13. The van der Waals surface area contributed by atoms with Crippen LogP contribution in [0.1, 0.15) is 46.4 Å². The molecule has 10 heteroatoms. The van der Waals surface area contributed by atoms with Crippen LogP contribution in [0.15, 0.2) is 48.5 Å². The molecule has 0 radical (unpaired) electrons. The van der Waals surface area contributed by atoms with Crippen molar-refractivity contribution in [2.75, 3.05) is 26.3 Å². The molecule has 36 heavy (non-hydrogen) atoms. The van der Waals surface area contributed by atoms with Crippen LogP contribution in [0.2, 0.25) is 0 Å². The van der Waals surface area contributed by atoms with Crippen molar-refractivity contribution in [1.29, 1.82) is 0 Å². The number of hydrogen-bond acceptors (Lipinski definition) is 8. The Hall–Kier alpha value is -2.50. The van der Waals surface area contributed by atoms with Crippen molar-refractivity contribution < 1.29 is 28.7 Å². The van der Waals surface area contributed by atoms with Crippen molar-refractivity contribution in [3.8, 4) is 11.1 Å². The zero-order chi connectivity index (χ0) is 25.7. The van der Waals surface area contributed by atoms with Gasteiger partial charge in [0.2, 0.25) is 0 Å². The Morgan fingerprint density at radius 3 is 1.33 bits per heavy atom. The minimum Gasteiger partial charge on any atom is -0.456 e. The summed E-state index contributed by atoms with van der Waals surface area (Å²) in [6, 6.07) is 13.4. The molecule has 3 unspecified atom stereocenters. The monoisotopic (exact) mass is 528 g/mol. The van der Waals surface area contributed by atoms with Gasteiger partial charge in [-0.1, -0.05) is 67.3 Å². The minimum atomic E-state index is -0.373. The summed E-state index contributed by atoms with van der Waals surface area (Å²) in [6.07, 6.45) is 3.33. The van der Waals surface area contributed by atoms with Crippen LogP contribution >= 0.6 is 18.8 Å². The summed E-state index contributed by atoms with van der Waals surface area (Å²) in [4.78, 5) is 49.2. The molecule has 0 spiro atoms. The number of carbonyl (C=O) groups excluding carboxylic acids is 4. The van der Waals surface area contributed by atoms with E-state index in [4.69, 9.17) is 9.47 Å². The summed E-state index contributed by atoms with van der Waals surface area (Å²) in [5.41, 5.74) is 2.67. The van der Waals surface area contributed by atoms with Gasteiger partial charge < -0.3 is 9.47 Å². The average Bonchev–Trinajstić information content (AvgIpc) is 3.53. The first kappa shape index (κ1) is 26.6. The predicted octanol–water partition coefficient (Wildman–Crippen LogP) is 3.31. The Bertz CT molecular complexity index is 1030. The summed E-state index contributed by atoms with van der Waals surface area (Å²) in [6.45, 7) is 1.06. The molecule has 4 rings (SSSR count). The molecule has 8 nitrogen and oxygen atoms in total. The number of carbonyl (C=O) groups is 4. The molecule has 190 valence electrons. The standard InChI is InChI=1S/C26H30N2O6P2/c29-23(15-33-25(31)21-3-1-13-27(21)35)19-9-5-17(6-10-19)18-7-11-20(12-8-18)24(30)16-34-26(32)22-4-2-14-28(22)36/h5-12,21-22H,1-4,13-16,35-36H2/t21-,22?/m0/s1. The van der Waals surface area contributed by atoms with Gasteiger partial charge in [-0.2, -0.15) is 0 Å². The molecule has 2 aliphatic rings. The third-order valence-electron chi connectivity index (χ3n) is 6.57. The summed E-state index contributed by atoms with van der Waals surface area (Å²) in [5, 5.41) is 0. The molecule has 0 N–H and O–H groups in total. The first-order valence-electron chi connectivity index (χ1n) is 12.0. The van der Waals surface area contributed by atoms with Gasteiger partial charge in [0.05, 0.1) is 0 Å². The lowest BCUT2D eigenvalue weighted by molar-refractivity contribution is -0.146. The Morgan fingerprint density at radius 1 is 0.667 bits per heavy atom. The van der Waals surface area contributed by atoms with Crippen LogP contribution in [0, 0.1) is 0 Å². The summed E-state index contributed by atoms with van der Waals surface area (Å²) >= 11 is 0. The van der Waals surface area contributed by atoms with Crippen molar-refractivity contribution in [2.24, 2.45) is 0 Å². The highest BCUT2D eigenvalue weighted by Gasteiger charge is 2.30. The molecule has 2 aromatic rings. The highest BCUT2D eigenvalue weighted by atomic mass is 31.0. The fraction of sp³-hybridized carbons (Fsp3) is 0.385. The normalized spacial score (nSPS) is 20.3. The van der Waals surface area contributed by atoms with E-state index < -0.39 is 0 Å². The number of hydrogen-bond donors (Lipinski definition) is 0. The van der Waals surface area contributed by atoms with E-state index in [-0.39, 0.29) is 48.8 Å². The zero-order valence-electron chi connectivity index (χ0n) is 19.9. The van der Waals surface area contributed by atoms with Crippen LogP contribution in [0.3, 0.4) is 0 Å². The molecule has 2 aliphatic heterocycles. The maximum absolute atomic E-state index is 12.5. The number of benzene rings is 2. The number of ketones is 2. The second-order valence-electron chi connectivity index (χ2n) is 9.01. The van der Waals surface area contributed by atoms with E-state index in [0.29, 0.717) is 11.1 Å². The van der Waals surface area contributed by atoms with Gasteiger partial charge in [0.25, 0.3) is 0 Å². The number of rotatable bonds is 9. The molecule has 0 amide bonds. The van der Waals surface area contributed by atoms with Gasteiger partial charge >= 0.3 is 11.9 Å². The van der Waals surface area contributed by atoms with Crippen LogP contribution in [-0.2, 0) is 19.1 Å². The van der Waals surface area contributed by atoms with Gasteiger partial charge in [-0.15, -0.1) is 0 Å². The van der Waals surface area contributed by atoms with Crippen molar-refractivity contribution >= 4 is 42.3 Å². The predicted molar refractivity (Wildman–Crippen MR) is 141 cm³/mol. The van der Waals surface area contributed by atoms with Gasteiger partial charge in [-0.05, 0) is 36.8 Å². The summed E-state index contributed by atoms with van der Waals surface area (Å²) < 4.78 is 14.2. The first-order valence-corrected chi connectivity index (χ1v) is 13.0. The molecule has 0 aromatic heterocycles. The van der Waals surface area contributed by atoms with Crippen LogP contribution < -0.4 is 0 Å². The maximum atomic E-state index is 12.5. The molecule has 4 atom stereocenters. The van der Waals surface area contributed by atoms with Crippen molar-refractivity contribution in [2.45, 2.75) is 37.8 Å². The van der Waals surface area contributed by atoms with E-state index in [1.54, 1.807) is 24.3 Å². The molecule has 0 saturated carbocycles. The molecule has 2 fully saturated rings. The van der Waals surface area contributed by atoms with E-state index in [0.717, 1.165) is 49.9 Å². The molecule has 2 aromatic carbocycles. The van der Waals surface area contributed by atoms with Crippen LogP contribution in [-0.4, -0.2) is 71.2 Å². The SMILES string of the molecule is O=C(COC(=O)C1CCCN1P)c1ccc(-c2ccc(C(=O)COC(=O)[C@@H]3CCCN3P)cc2)cc1. The van der Waals surface area contributed by atoms with Crippen molar-refractivity contribution in [1.82, 2.24) is 9.34 Å². The largest absolute Gasteiger partial charge is 0.456 e. The first-order chi connectivity index (χ1) is 17.3. The van der Waals surface area contributed by atoms with Gasteiger partial charge in [0, 0.05) is 24.2 Å². The van der Waals surface area contributed by atoms with Crippen LogP contribution in [0.4, 0.5) is 0 Å². The average molecular weight is 528 g/mol. The zero-order valence-corrected chi connectivity index (χ0v) is 22.2. The van der Waals surface area contributed by atoms with Crippen molar-refractivity contribution in [3.63, 3.8) is 0 Å². The van der Waals surface area contributed by atoms with E-state index in [9.17, 15) is 19.2 Å². The van der Waals surface area contributed by atoms with Gasteiger partial charge in [0.15, 0.2) is 24.8 Å². The van der Waals surface area contributed by atoms with E-state index >= 15 is 0 Å². The Kier molecular flexibility index (Phi) is 8.97. The van der Waals surface area contributed by atoms with Crippen molar-refractivity contribution in [3.05, 3.63) is 59.7 Å². The third kappa shape index (κ3) is 6.43.